The Bertz CT molecular complexity index is 616. The molecule has 0 saturated carbocycles. The number of aliphatic hydroxyl groups is 2. The summed E-state index contributed by atoms with van der Waals surface area (Å²) in [4.78, 5) is 9.41. The number of benzene rings is 1. The molecule has 10 heteroatoms. The summed E-state index contributed by atoms with van der Waals surface area (Å²) in [7, 11) is -4.15. The van der Waals surface area contributed by atoms with Crippen molar-refractivity contribution in [3.05, 3.63) is 33.3 Å². The number of halogens is 1. The molecule has 0 bridgehead atoms. The molecule has 3 N–H and O–H groups in total. The molecule has 0 fully saturated rings. The zero-order valence-corrected chi connectivity index (χ0v) is 12.0. The molecule has 1 aromatic rings. The quantitative estimate of drug-likeness (QED) is 0.508. The Morgan fingerprint density at radius 1 is 1.50 bits per heavy atom. The molecule has 1 atom stereocenters. The second-order valence-corrected chi connectivity index (χ2v) is 6.49. The van der Waals surface area contributed by atoms with E-state index in [4.69, 9.17) is 16.7 Å². The largest absolute Gasteiger partial charge is 0.393 e. The van der Waals surface area contributed by atoms with E-state index < -0.39 is 44.3 Å². The number of nitro benzene ring substituents is 1. The number of sulfonamides is 1. The van der Waals surface area contributed by atoms with Gasteiger partial charge in [-0.25, -0.2) is 13.1 Å². The van der Waals surface area contributed by atoms with Crippen molar-refractivity contribution in [2.24, 2.45) is 0 Å². The Morgan fingerprint density at radius 2 is 2.10 bits per heavy atom. The van der Waals surface area contributed by atoms with E-state index in [0.717, 1.165) is 18.2 Å². The van der Waals surface area contributed by atoms with Gasteiger partial charge in [-0.05, 0) is 13.0 Å². The second kappa shape index (κ2) is 6.02. The molecule has 1 aromatic carbocycles. The number of nitrogens with zero attached hydrogens (tertiary/aromatic N) is 1. The molecule has 0 saturated heterocycles. The Balaban J connectivity index is 3.09. The summed E-state index contributed by atoms with van der Waals surface area (Å²) < 4.78 is 26.0. The Morgan fingerprint density at radius 3 is 2.60 bits per heavy atom. The Labute approximate surface area is 120 Å². The fourth-order valence-electron chi connectivity index (χ4n) is 1.20. The lowest BCUT2D eigenvalue weighted by Crippen LogP contribution is -2.43. The van der Waals surface area contributed by atoms with Gasteiger partial charge < -0.3 is 10.2 Å². The van der Waals surface area contributed by atoms with Gasteiger partial charge in [0.1, 0.15) is 4.90 Å². The van der Waals surface area contributed by atoms with Crippen LogP contribution in [-0.2, 0) is 10.0 Å². The minimum Gasteiger partial charge on any atom is -0.393 e. The van der Waals surface area contributed by atoms with Crippen LogP contribution in [-0.4, -0.2) is 42.3 Å². The summed E-state index contributed by atoms with van der Waals surface area (Å²) in [6, 6.07) is 2.99. The molecule has 1 rings (SSSR count). The maximum atomic E-state index is 12.0. The van der Waals surface area contributed by atoms with Crippen molar-refractivity contribution in [2.75, 3.05) is 13.2 Å². The highest BCUT2D eigenvalue weighted by molar-refractivity contribution is 7.89. The number of nitrogens with one attached hydrogen (secondary N) is 1. The number of hydrogen-bond acceptors (Lipinski definition) is 6. The molecule has 0 radical (unpaired) electrons. The fraction of sp³-hybridized carbons (Fsp3) is 0.400. The molecule has 0 aliphatic heterocycles. The number of hydrogen-bond donors (Lipinski definition) is 3. The van der Waals surface area contributed by atoms with Gasteiger partial charge in [-0.1, -0.05) is 11.6 Å². The van der Waals surface area contributed by atoms with Crippen molar-refractivity contribution in [3.63, 3.8) is 0 Å². The van der Waals surface area contributed by atoms with Gasteiger partial charge in [0.2, 0.25) is 10.0 Å². The van der Waals surface area contributed by atoms with Crippen molar-refractivity contribution in [1.82, 2.24) is 4.72 Å². The minimum absolute atomic E-state index is 0.188. The van der Waals surface area contributed by atoms with E-state index in [1.807, 2.05) is 4.72 Å². The van der Waals surface area contributed by atoms with Crippen LogP contribution in [0.4, 0.5) is 5.69 Å². The van der Waals surface area contributed by atoms with Gasteiger partial charge in [-0.15, -0.1) is 0 Å². The lowest BCUT2D eigenvalue weighted by molar-refractivity contribution is -0.385. The van der Waals surface area contributed by atoms with E-state index in [-0.39, 0.29) is 5.02 Å². The van der Waals surface area contributed by atoms with E-state index in [1.165, 1.54) is 6.92 Å². The molecule has 112 valence electrons. The first kappa shape index (κ1) is 16.8. The normalized spacial score (nSPS) is 14.8. The van der Waals surface area contributed by atoms with Crippen LogP contribution in [0.15, 0.2) is 23.1 Å². The van der Waals surface area contributed by atoms with E-state index in [9.17, 15) is 23.6 Å². The smallest absolute Gasteiger partial charge is 0.270 e. The van der Waals surface area contributed by atoms with Crippen LogP contribution in [0, 0.1) is 10.1 Å². The average molecular weight is 325 g/mol. The number of non-ortho nitro benzene ring substituents is 1. The van der Waals surface area contributed by atoms with E-state index in [0.29, 0.717) is 0 Å². The highest BCUT2D eigenvalue weighted by atomic mass is 35.5. The SMILES string of the molecule is CC(O)(CO)CNS(=O)(=O)c1cc([N+](=O)[O-])ccc1Cl. The van der Waals surface area contributed by atoms with Gasteiger partial charge in [0.15, 0.2) is 0 Å². The van der Waals surface area contributed by atoms with Gasteiger partial charge in [0.25, 0.3) is 5.69 Å². The third kappa shape index (κ3) is 4.12. The molecule has 8 nitrogen and oxygen atoms in total. The Hall–Kier alpha value is -1.26. The third-order valence-electron chi connectivity index (χ3n) is 2.40. The maximum Gasteiger partial charge on any atom is 0.270 e. The summed E-state index contributed by atoms with van der Waals surface area (Å²) >= 11 is 5.72. The zero-order valence-electron chi connectivity index (χ0n) is 10.4. The summed E-state index contributed by atoms with van der Waals surface area (Å²) in [5, 5.41) is 28.8. The van der Waals surface area contributed by atoms with Crippen LogP contribution < -0.4 is 4.72 Å². The van der Waals surface area contributed by atoms with Crippen LogP contribution in [0.1, 0.15) is 6.92 Å². The predicted molar refractivity (Wildman–Crippen MR) is 71.0 cm³/mol. The first-order valence-corrected chi connectivity index (χ1v) is 7.22. The van der Waals surface area contributed by atoms with Crippen LogP contribution >= 0.6 is 11.6 Å². The van der Waals surface area contributed by atoms with Crippen molar-refractivity contribution in [3.8, 4) is 0 Å². The van der Waals surface area contributed by atoms with Gasteiger partial charge in [0.05, 0.1) is 22.2 Å². The fourth-order valence-corrected chi connectivity index (χ4v) is 2.88. The number of aliphatic hydroxyl groups excluding tert-OH is 1. The average Bonchev–Trinajstić information content (AvgIpc) is 2.37. The molecule has 0 aliphatic carbocycles. The van der Waals surface area contributed by atoms with Crippen molar-refractivity contribution >= 4 is 27.3 Å². The minimum atomic E-state index is -4.15. The van der Waals surface area contributed by atoms with Gasteiger partial charge in [-0.3, -0.25) is 10.1 Å². The number of rotatable bonds is 6. The topological polar surface area (TPSA) is 130 Å². The van der Waals surface area contributed by atoms with E-state index >= 15 is 0 Å². The summed E-state index contributed by atoms with van der Waals surface area (Å²) in [5.41, 5.74) is -2.08. The molecule has 0 amide bonds. The third-order valence-corrected chi connectivity index (χ3v) is 4.28. The maximum absolute atomic E-state index is 12.0. The highest BCUT2D eigenvalue weighted by Crippen LogP contribution is 2.26. The molecule has 20 heavy (non-hydrogen) atoms. The van der Waals surface area contributed by atoms with Gasteiger partial charge in [-0.2, -0.15) is 0 Å². The van der Waals surface area contributed by atoms with Crippen molar-refractivity contribution in [1.29, 1.82) is 0 Å². The summed E-state index contributed by atoms with van der Waals surface area (Å²) in [5.74, 6) is 0. The van der Waals surface area contributed by atoms with E-state index in [2.05, 4.69) is 0 Å². The second-order valence-electron chi connectivity index (χ2n) is 4.35. The number of nitro groups is 1. The van der Waals surface area contributed by atoms with E-state index in [1.54, 1.807) is 0 Å². The summed E-state index contributed by atoms with van der Waals surface area (Å²) in [6.45, 7) is 0.105. The standard InChI is InChI=1S/C10H13ClN2O6S/c1-10(15,6-14)5-12-20(18,19)9-4-7(13(16)17)2-3-8(9)11/h2-4,12,14-15H,5-6H2,1H3. The van der Waals surface area contributed by atoms with Crippen molar-refractivity contribution < 1.29 is 23.6 Å². The van der Waals surface area contributed by atoms with Crippen LogP contribution in [0.2, 0.25) is 5.02 Å². The molecule has 0 aromatic heterocycles. The lowest BCUT2D eigenvalue weighted by Gasteiger charge is -2.20. The first-order valence-electron chi connectivity index (χ1n) is 5.36. The summed E-state index contributed by atoms with van der Waals surface area (Å²) in [6.07, 6.45) is 0. The zero-order chi connectivity index (χ0) is 15.6. The van der Waals surface area contributed by atoms with Crippen LogP contribution in [0.5, 0.6) is 0 Å². The molecule has 1 unspecified atom stereocenters. The predicted octanol–water partition coefficient (Wildman–Crippen LogP) is 0.270. The molecular weight excluding hydrogens is 312 g/mol. The molecule has 0 spiro atoms. The lowest BCUT2D eigenvalue weighted by atomic mass is 10.1. The van der Waals surface area contributed by atoms with Crippen molar-refractivity contribution in [2.45, 2.75) is 17.4 Å². The molecule has 0 aliphatic rings. The monoisotopic (exact) mass is 324 g/mol. The van der Waals surface area contributed by atoms with Crippen LogP contribution in [0.25, 0.3) is 0 Å². The highest BCUT2D eigenvalue weighted by Gasteiger charge is 2.26. The van der Waals surface area contributed by atoms with Crippen LogP contribution in [0.3, 0.4) is 0 Å². The Kier molecular flexibility index (Phi) is 5.05. The first-order chi connectivity index (χ1) is 9.09. The molecule has 0 heterocycles. The molecular formula is C10H13ClN2O6S. The van der Waals surface area contributed by atoms with Gasteiger partial charge in [0, 0.05) is 18.7 Å². The van der Waals surface area contributed by atoms with Gasteiger partial charge >= 0.3 is 0 Å².